The fourth-order valence-corrected chi connectivity index (χ4v) is 0.824. The Bertz CT molecular complexity index is 210. The molecule has 6 heteroatoms. The van der Waals surface area contributed by atoms with Gasteiger partial charge in [-0.2, -0.15) is 0 Å². The topological polar surface area (TPSA) is 79.8 Å². The minimum atomic E-state index is -0.650. The highest BCUT2D eigenvalue weighted by atomic mass is 32.2. The Hall–Kier alpha value is -1.04. The fourth-order valence-electron chi connectivity index (χ4n) is 0.353. The van der Waals surface area contributed by atoms with Gasteiger partial charge in [-0.3, -0.25) is 10.5 Å². The quantitative estimate of drug-likeness (QED) is 0.577. The molecule has 0 unspecified atom stereocenters. The van der Waals surface area contributed by atoms with Gasteiger partial charge in [-0.15, -0.1) is 10.2 Å². The molecule has 1 radical (unpaired) electrons. The van der Waals surface area contributed by atoms with Crippen LogP contribution < -0.4 is 5.73 Å². The molecule has 0 fully saturated rings. The van der Waals surface area contributed by atoms with Crippen LogP contribution in [0.2, 0.25) is 0 Å². The second-order valence-electron chi connectivity index (χ2n) is 1.42. The molecule has 1 amide bonds. The number of nitrogens with one attached hydrogen (secondary N) is 1. The summed E-state index contributed by atoms with van der Waals surface area (Å²) in [5.74, 6) is -0.592. The van der Waals surface area contributed by atoms with Crippen LogP contribution in [0.3, 0.4) is 0 Å². The van der Waals surface area contributed by atoms with Crippen molar-refractivity contribution in [3.05, 3.63) is 6.39 Å². The molecule has 0 saturated carbocycles. The van der Waals surface area contributed by atoms with Crippen molar-refractivity contribution in [2.75, 3.05) is 5.75 Å². The van der Waals surface area contributed by atoms with E-state index in [2.05, 4.69) is 14.6 Å². The minimum absolute atomic E-state index is 0.0577. The number of carbonyl (C=O) groups is 1. The lowest BCUT2D eigenvalue weighted by atomic mass is 10.8. The van der Waals surface area contributed by atoms with Gasteiger partial charge in [-0.1, -0.05) is 11.8 Å². The van der Waals surface area contributed by atoms with Crippen molar-refractivity contribution >= 4 is 17.7 Å². The third kappa shape index (κ3) is 2.06. The van der Waals surface area contributed by atoms with E-state index >= 15 is 0 Å². The molecule has 0 aliphatic carbocycles. The second kappa shape index (κ2) is 3.21. The van der Waals surface area contributed by atoms with Crippen LogP contribution in [0.4, 0.5) is 0 Å². The molecule has 0 aromatic carbocycles. The zero-order valence-corrected chi connectivity index (χ0v) is 5.72. The first-order chi connectivity index (χ1) is 4.79. The monoisotopic (exact) mass is 158 g/mol. The van der Waals surface area contributed by atoms with E-state index in [0.717, 1.165) is 11.8 Å². The molecule has 0 saturated heterocycles. The normalized spacial score (nSPS) is 9.60. The van der Waals surface area contributed by atoms with E-state index in [-0.39, 0.29) is 5.75 Å². The van der Waals surface area contributed by atoms with E-state index in [4.69, 9.17) is 5.73 Å². The van der Waals surface area contributed by atoms with Gasteiger partial charge < -0.3 is 4.42 Å². The van der Waals surface area contributed by atoms with Gasteiger partial charge in [0.1, 0.15) is 0 Å². The van der Waals surface area contributed by atoms with Gasteiger partial charge >= 0.3 is 0 Å². The molecule has 10 heavy (non-hydrogen) atoms. The van der Waals surface area contributed by atoms with Crippen LogP contribution in [0, 0.1) is 0 Å². The summed E-state index contributed by atoms with van der Waals surface area (Å²) in [6, 6.07) is 0. The van der Waals surface area contributed by atoms with Crippen LogP contribution in [-0.2, 0) is 4.79 Å². The van der Waals surface area contributed by atoms with E-state index in [1.54, 1.807) is 0 Å². The van der Waals surface area contributed by atoms with Gasteiger partial charge in [0.05, 0.1) is 5.75 Å². The highest BCUT2D eigenvalue weighted by Gasteiger charge is 2.01. The van der Waals surface area contributed by atoms with Gasteiger partial charge in [-0.25, -0.2) is 0 Å². The van der Waals surface area contributed by atoms with Gasteiger partial charge in [0.25, 0.3) is 5.22 Å². The van der Waals surface area contributed by atoms with Crippen LogP contribution in [-0.4, -0.2) is 21.9 Å². The highest BCUT2D eigenvalue weighted by Crippen LogP contribution is 2.11. The fraction of sp³-hybridized carbons (Fsp3) is 0.250. The first-order valence-electron chi connectivity index (χ1n) is 2.42. The summed E-state index contributed by atoms with van der Waals surface area (Å²) >= 11 is 1.06. The number of amides is 1. The van der Waals surface area contributed by atoms with Crippen molar-refractivity contribution in [3.8, 4) is 0 Å². The summed E-state index contributed by atoms with van der Waals surface area (Å²) in [5.41, 5.74) is 6.53. The Morgan fingerprint density at radius 3 is 3.20 bits per heavy atom. The average molecular weight is 158 g/mol. The maximum atomic E-state index is 10.1. The van der Waals surface area contributed by atoms with E-state index in [1.807, 2.05) is 0 Å². The molecule has 53 valence electrons. The molecule has 0 bridgehead atoms. The van der Waals surface area contributed by atoms with Crippen LogP contribution in [0.1, 0.15) is 0 Å². The predicted octanol–water partition coefficient (Wildman–Crippen LogP) is -0.0288. The van der Waals surface area contributed by atoms with Gasteiger partial charge in [0.15, 0.2) is 0 Å². The molecule has 0 spiro atoms. The lowest BCUT2D eigenvalue weighted by Crippen LogP contribution is -2.00. The second-order valence-corrected chi connectivity index (χ2v) is 2.34. The average Bonchev–Trinajstić information content (AvgIpc) is 2.34. The molecular formula is C4H4N3O2S. The molecule has 5 nitrogen and oxygen atoms in total. The Morgan fingerprint density at radius 1 is 1.90 bits per heavy atom. The Kier molecular flexibility index (Phi) is 2.27. The van der Waals surface area contributed by atoms with E-state index in [0.29, 0.717) is 5.22 Å². The number of thioether (sulfide) groups is 1. The van der Waals surface area contributed by atoms with Crippen molar-refractivity contribution < 1.29 is 9.21 Å². The van der Waals surface area contributed by atoms with Gasteiger partial charge in [0, 0.05) is 0 Å². The van der Waals surface area contributed by atoms with Crippen molar-refractivity contribution in [1.29, 1.82) is 0 Å². The standard InChI is InChI=1S/C4H4N3O2S/c5-3(8)1-10-4-7-6-2-9-4/h2,5H,1H2. The van der Waals surface area contributed by atoms with Crippen LogP contribution in [0.25, 0.3) is 0 Å². The van der Waals surface area contributed by atoms with Crippen LogP contribution in [0.15, 0.2) is 16.0 Å². The molecule has 1 aromatic heterocycles. The number of rotatable bonds is 3. The number of hydrogen-bond donors (Lipinski definition) is 0. The van der Waals surface area contributed by atoms with E-state index in [9.17, 15) is 4.79 Å². The Labute approximate surface area is 61.0 Å². The number of nitrogens with zero attached hydrogens (tertiary/aromatic N) is 2. The molecule has 0 aliphatic heterocycles. The maximum absolute atomic E-state index is 10.1. The molecule has 1 N–H and O–H groups in total. The van der Waals surface area contributed by atoms with E-state index in [1.165, 1.54) is 6.39 Å². The zero-order chi connectivity index (χ0) is 7.40. The Morgan fingerprint density at radius 2 is 2.70 bits per heavy atom. The summed E-state index contributed by atoms with van der Waals surface area (Å²) in [5, 5.41) is 7.21. The highest BCUT2D eigenvalue weighted by molar-refractivity contribution is 7.99. The molecule has 1 rings (SSSR count). The lowest BCUT2D eigenvalue weighted by molar-refractivity contribution is -0.116. The third-order valence-corrected chi connectivity index (χ3v) is 1.50. The largest absolute Gasteiger partial charge is 0.419 e. The lowest BCUT2D eigenvalue weighted by Gasteiger charge is -1.86. The first-order valence-corrected chi connectivity index (χ1v) is 3.41. The summed E-state index contributed by atoms with van der Waals surface area (Å²) in [7, 11) is 0. The Balaban J connectivity index is 2.35. The molecule has 1 aromatic rings. The van der Waals surface area contributed by atoms with Gasteiger partial charge in [-0.05, 0) is 0 Å². The smallest absolute Gasteiger partial charge is 0.276 e. The maximum Gasteiger partial charge on any atom is 0.276 e. The SMILES string of the molecule is [NH]C(=O)CSc1nnco1. The number of hydrogen-bond acceptors (Lipinski definition) is 5. The van der Waals surface area contributed by atoms with Crippen molar-refractivity contribution in [3.63, 3.8) is 0 Å². The van der Waals surface area contributed by atoms with E-state index < -0.39 is 5.91 Å². The number of carbonyl (C=O) groups excluding carboxylic acids is 1. The third-order valence-electron chi connectivity index (χ3n) is 0.667. The minimum Gasteiger partial charge on any atom is -0.419 e. The zero-order valence-electron chi connectivity index (χ0n) is 4.90. The summed E-state index contributed by atoms with van der Waals surface area (Å²) in [6.45, 7) is 0. The number of aromatic nitrogens is 2. The molecule has 0 aliphatic rings. The van der Waals surface area contributed by atoms with Gasteiger partial charge in [0.2, 0.25) is 12.3 Å². The van der Waals surface area contributed by atoms with Crippen molar-refractivity contribution in [2.45, 2.75) is 5.22 Å². The molecule has 1 heterocycles. The van der Waals surface area contributed by atoms with Crippen LogP contribution in [0.5, 0.6) is 0 Å². The molecular weight excluding hydrogens is 154 g/mol. The summed E-state index contributed by atoms with van der Waals surface area (Å²) in [4.78, 5) is 10.1. The van der Waals surface area contributed by atoms with Crippen molar-refractivity contribution in [1.82, 2.24) is 15.9 Å². The van der Waals surface area contributed by atoms with Crippen molar-refractivity contribution in [2.24, 2.45) is 0 Å². The summed E-state index contributed by atoms with van der Waals surface area (Å²) in [6.07, 6.45) is 1.18. The summed E-state index contributed by atoms with van der Waals surface area (Å²) < 4.78 is 4.69. The first kappa shape index (κ1) is 7.07. The van der Waals surface area contributed by atoms with Crippen LogP contribution >= 0.6 is 11.8 Å². The molecule has 0 atom stereocenters. The predicted molar refractivity (Wildman–Crippen MR) is 33.1 cm³/mol.